The van der Waals surface area contributed by atoms with E-state index in [4.69, 9.17) is 0 Å². The van der Waals surface area contributed by atoms with Crippen LogP contribution in [0.15, 0.2) is 61.2 Å². The largest absolute Gasteiger partial charge is 0.339 e. The van der Waals surface area contributed by atoms with Gasteiger partial charge in [-0.3, -0.25) is 19.7 Å². The predicted molar refractivity (Wildman–Crippen MR) is 120 cm³/mol. The maximum atomic E-state index is 12.9. The van der Waals surface area contributed by atoms with Gasteiger partial charge in [0.2, 0.25) is 5.91 Å². The minimum absolute atomic E-state index is 0.0888. The monoisotopic (exact) mass is 448 g/mol. The Morgan fingerprint density at radius 1 is 1.00 bits per heavy atom. The number of hydrogen-bond donors (Lipinski definition) is 0. The van der Waals surface area contributed by atoms with Gasteiger partial charge in [-0.15, -0.1) is 0 Å². The Balaban J connectivity index is 1.33. The van der Waals surface area contributed by atoms with Gasteiger partial charge in [-0.05, 0) is 30.5 Å². The Bertz CT molecular complexity index is 1130. The number of piperazine rings is 1. The molecule has 0 unspecified atom stereocenters. The smallest absolute Gasteiger partial charge is 0.295 e. The molecule has 10 nitrogen and oxygen atoms in total. The van der Waals surface area contributed by atoms with Gasteiger partial charge in [-0.25, -0.2) is 9.67 Å². The molecule has 0 spiro atoms. The van der Waals surface area contributed by atoms with Crippen molar-refractivity contribution >= 4 is 17.5 Å². The lowest BCUT2D eigenvalue weighted by atomic mass is 10.1. The van der Waals surface area contributed by atoms with E-state index in [1.165, 1.54) is 35.0 Å². The van der Waals surface area contributed by atoms with E-state index >= 15 is 0 Å². The molecule has 2 heterocycles. The van der Waals surface area contributed by atoms with Crippen LogP contribution in [0.25, 0.3) is 5.69 Å². The zero-order chi connectivity index (χ0) is 23.2. The van der Waals surface area contributed by atoms with Crippen LogP contribution in [0.4, 0.5) is 5.69 Å². The second-order valence-electron chi connectivity index (χ2n) is 7.81. The molecular weight excluding hydrogens is 424 g/mol. The number of aromatic nitrogens is 3. The van der Waals surface area contributed by atoms with Gasteiger partial charge in [-0.2, -0.15) is 5.10 Å². The fourth-order valence-corrected chi connectivity index (χ4v) is 3.92. The summed E-state index contributed by atoms with van der Waals surface area (Å²) in [4.78, 5) is 43.7. The number of nitro groups is 1. The fraction of sp³-hybridized carbons (Fsp3) is 0.304. The molecule has 0 N–H and O–H groups in total. The summed E-state index contributed by atoms with van der Waals surface area (Å²) in [5, 5.41) is 15.5. The highest BCUT2D eigenvalue weighted by molar-refractivity contribution is 5.95. The van der Waals surface area contributed by atoms with Crippen molar-refractivity contribution in [3.63, 3.8) is 0 Å². The lowest BCUT2D eigenvalue weighted by Gasteiger charge is -2.35. The van der Waals surface area contributed by atoms with Crippen molar-refractivity contribution in [1.82, 2.24) is 24.6 Å². The third kappa shape index (κ3) is 5.22. The summed E-state index contributed by atoms with van der Waals surface area (Å²) in [5.41, 5.74) is 1.45. The van der Waals surface area contributed by atoms with Crippen molar-refractivity contribution in [2.45, 2.75) is 19.3 Å². The molecule has 0 saturated carbocycles. The topological polar surface area (TPSA) is 114 Å². The van der Waals surface area contributed by atoms with Crippen molar-refractivity contribution in [3.05, 3.63) is 82.4 Å². The summed E-state index contributed by atoms with van der Waals surface area (Å²) in [6.07, 6.45) is 4.75. The van der Waals surface area contributed by atoms with E-state index in [1.54, 1.807) is 15.9 Å². The summed E-state index contributed by atoms with van der Waals surface area (Å²) in [6.45, 7) is 1.69. The van der Waals surface area contributed by atoms with Crippen molar-refractivity contribution in [2.75, 3.05) is 26.2 Å². The summed E-state index contributed by atoms with van der Waals surface area (Å²) >= 11 is 0. The maximum Gasteiger partial charge on any atom is 0.295 e. The highest BCUT2D eigenvalue weighted by atomic mass is 16.6. The zero-order valence-corrected chi connectivity index (χ0v) is 18.0. The van der Waals surface area contributed by atoms with Crippen molar-refractivity contribution in [3.8, 4) is 5.69 Å². The fourth-order valence-electron chi connectivity index (χ4n) is 3.92. The molecule has 1 aliphatic heterocycles. The Hall–Kier alpha value is -4.08. The van der Waals surface area contributed by atoms with Crippen molar-refractivity contribution in [2.24, 2.45) is 0 Å². The summed E-state index contributed by atoms with van der Waals surface area (Å²) in [6, 6.07) is 14.4. The number of carbonyl (C=O) groups is 2. The molecule has 170 valence electrons. The summed E-state index contributed by atoms with van der Waals surface area (Å²) in [7, 11) is 0. The van der Waals surface area contributed by atoms with Gasteiger partial charge in [0.05, 0.1) is 4.92 Å². The number of hydrogen-bond acceptors (Lipinski definition) is 6. The third-order valence-corrected chi connectivity index (χ3v) is 5.70. The number of aryl methyl sites for hydroxylation is 1. The van der Waals surface area contributed by atoms with Crippen molar-refractivity contribution < 1.29 is 14.5 Å². The van der Waals surface area contributed by atoms with E-state index in [0.29, 0.717) is 32.6 Å². The molecule has 33 heavy (non-hydrogen) atoms. The van der Waals surface area contributed by atoms with Gasteiger partial charge in [0.15, 0.2) is 0 Å². The second kappa shape index (κ2) is 10.0. The van der Waals surface area contributed by atoms with Gasteiger partial charge in [-0.1, -0.05) is 30.3 Å². The van der Waals surface area contributed by atoms with E-state index in [9.17, 15) is 19.7 Å². The first-order valence-corrected chi connectivity index (χ1v) is 10.8. The number of benzene rings is 2. The molecule has 0 atom stereocenters. The highest BCUT2D eigenvalue weighted by Gasteiger charge is 2.26. The van der Waals surface area contributed by atoms with Gasteiger partial charge in [0, 0.05) is 44.2 Å². The summed E-state index contributed by atoms with van der Waals surface area (Å²) < 4.78 is 1.29. The first kappa shape index (κ1) is 22.1. The Morgan fingerprint density at radius 2 is 1.73 bits per heavy atom. The molecule has 1 aromatic heterocycles. The molecule has 1 aliphatic rings. The number of amides is 2. The molecule has 0 radical (unpaired) electrons. The van der Waals surface area contributed by atoms with Crippen LogP contribution in [0.5, 0.6) is 0 Å². The minimum atomic E-state index is -0.542. The quantitative estimate of drug-likeness (QED) is 0.405. The average molecular weight is 448 g/mol. The highest BCUT2D eigenvalue weighted by Crippen LogP contribution is 2.24. The third-order valence-electron chi connectivity index (χ3n) is 5.70. The predicted octanol–water partition coefficient (Wildman–Crippen LogP) is 2.48. The van der Waals surface area contributed by atoms with Gasteiger partial charge >= 0.3 is 0 Å². The van der Waals surface area contributed by atoms with Crippen molar-refractivity contribution in [1.29, 1.82) is 0 Å². The number of nitrogens with zero attached hydrogens (tertiary/aromatic N) is 6. The van der Waals surface area contributed by atoms with E-state index in [0.717, 1.165) is 12.8 Å². The standard InChI is InChI=1S/C23H24N6O4/c30-22(8-4-7-18-5-2-1-3-6-18)26-11-13-27(14-12-26)23(31)19-9-10-20(21(15-19)29(32)33)28-17-24-16-25-28/h1-3,5-6,9-10,15-17H,4,7-8,11-14H2. The first-order valence-electron chi connectivity index (χ1n) is 10.8. The Morgan fingerprint density at radius 3 is 2.39 bits per heavy atom. The van der Waals surface area contributed by atoms with E-state index in [-0.39, 0.29) is 28.8 Å². The van der Waals surface area contributed by atoms with Gasteiger partial charge in [0.1, 0.15) is 18.3 Å². The van der Waals surface area contributed by atoms with Crippen LogP contribution in [0.1, 0.15) is 28.8 Å². The molecule has 3 aromatic rings. The van der Waals surface area contributed by atoms with Gasteiger partial charge < -0.3 is 9.80 Å². The average Bonchev–Trinajstić information content (AvgIpc) is 3.39. The van der Waals surface area contributed by atoms with Gasteiger partial charge in [0.25, 0.3) is 11.6 Å². The normalized spacial score (nSPS) is 13.7. The molecular formula is C23H24N6O4. The molecule has 0 aliphatic carbocycles. The molecule has 2 aromatic carbocycles. The van der Waals surface area contributed by atoms with E-state index in [2.05, 4.69) is 22.2 Å². The second-order valence-corrected chi connectivity index (χ2v) is 7.81. The summed E-state index contributed by atoms with van der Waals surface area (Å²) in [5.74, 6) is -0.203. The molecule has 0 bridgehead atoms. The Kier molecular flexibility index (Phi) is 6.72. The minimum Gasteiger partial charge on any atom is -0.339 e. The lowest BCUT2D eigenvalue weighted by Crippen LogP contribution is -2.50. The number of carbonyl (C=O) groups excluding carboxylic acids is 2. The maximum absolute atomic E-state index is 12.9. The van der Waals surface area contributed by atoms with Crippen LogP contribution < -0.4 is 0 Å². The first-order chi connectivity index (χ1) is 16.0. The zero-order valence-electron chi connectivity index (χ0n) is 18.0. The van der Waals surface area contributed by atoms with Crippen LogP contribution in [-0.2, 0) is 11.2 Å². The molecule has 1 fully saturated rings. The lowest BCUT2D eigenvalue weighted by molar-refractivity contribution is -0.384. The van der Waals surface area contributed by atoms with Crippen LogP contribution in [0.2, 0.25) is 0 Å². The Labute approximate surface area is 190 Å². The van der Waals surface area contributed by atoms with E-state index in [1.807, 2.05) is 18.2 Å². The molecule has 2 amide bonds. The molecule has 1 saturated heterocycles. The van der Waals surface area contributed by atoms with Crippen LogP contribution >= 0.6 is 0 Å². The number of rotatable bonds is 7. The molecule has 4 rings (SSSR count). The molecule has 10 heteroatoms. The van der Waals surface area contributed by atoms with E-state index < -0.39 is 4.92 Å². The van der Waals surface area contributed by atoms with Crippen LogP contribution in [0.3, 0.4) is 0 Å². The SMILES string of the molecule is O=C(CCCc1ccccc1)N1CCN(C(=O)c2ccc(-n3cncn3)c([N+](=O)[O-])c2)CC1. The van der Waals surface area contributed by atoms with Crippen LogP contribution in [-0.4, -0.2) is 67.5 Å². The number of nitro benzene ring substituents is 1. The van der Waals surface area contributed by atoms with Crippen LogP contribution in [0, 0.1) is 10.1 Å².